The van der Waals surface area contributed by atoms with Crippen molar-refractivity contribution >= 4 is 16.6 Å². The molecule has 1 aromatic heterocycles. The minimum atomic E-state index is 0.185. The van der Waals surface area contributed by atoms with E-state index in [1.54, 1.807) is 6.20 Å². The molecule has 0 aliphatic heterocycles. The third-order valence-electron chi connectivity index (χ3n) is 4.45. The van der Waals surface area contributed by atoms with Crippen LogP contribution in [-0.2, 0) is 0 Å². The van der Waals surface area contributed by atoms with Gasteiger partial charge in [0.15, 0.2) is 5.78 Å². The Morgan fingerprint density at radius 1 is 0.870 bits per heavy atom. The first-order valence-corrected chi connectivity index (χ1v) is 9.20. The first-order valence-electron chi connectivity index (χ1n) is 9.20. The summed E-state index contributed by atoms with van der Waals surface area (Å²) < 4.78 is 0. The lowest BCUT2D eigenvalue weighted by Gasteiger charge is -2.05. The van der Waals surface area contributed by atoms with Gasteiger partial charge in [-0.1, -0.05) is 82.6 Å². The fraction of sp³-hybridized carbons (Fsp3) is 0.524. The molecule has 0 aliphatic rings. The van der Waals surface area contributed by atoms with Crippen LogP contribution < -0.4 is 0 Å². The summed E-state index contributed by atoms with van der Waals surface area (Å²) in [7, 11) is 0. The number of nitrogens with zero attached hydrogens (tertiary/aromatic N) is 1. The molecule has 2 rings (SSSR count). The second-order valence-electron chi connectivity index (χ2n) is 6.38. The summed E-state index contributed by atoms with van der Waals surface area (Å²) in [6.07, 6.45) is 13.8. The molecule has 0 bridgehead atoms. The van der Waals surface area contributed by atoms with Gasteiger partial charge in [-0.15, -0.1) is 0 Å². The number of rotatable bonds is 11. The maximum atomic E-state index is 12.4. The van der Waals surface area contributed by atoms with Crippen LogP contribution in [0.15, 0.2) is 36.5 Å². The Balaban J connectivity index is 1.69. The number of aromatic nitrogens is 1. The molecule has 0 saturated carbocycles. The van der Waals surface area contributed by atoms with E-state index in [4.69, 9.17) is 0 Å². The van der Waals surface area contributed by atoms with Crippen LogP contribution in [0.1, 0.15) is 81.6 Å². The molecular weight excluding hydrogens is 282 g/mol. The smallest absolute Gasteiger partial charge is 0.181 e. The Labute approximate surface area is 140 Å². The number of hydrogen-bond acceptors (Lipinski definition) is 2. The zero-order valence-electron chi connectivity index (χ0n) is 14.4. The van der Waals surface area contributed by atoms with Crippen molar-refractivity contribution in [2.24, 2.45) is 0 Å². The van der Waals surface area contributed by atoms with E-state index in [-0.39, 0.29) is 5.78 Å². The Kier molecular flexibility index (Phi) is 7.79. The molecule has 2 heteroatoms. The number of pyridine rings is 1. The summed E-state index contributed by atoms with van der Waals surface area (Å²) in [6, 6.07) is 9.96. The molecule has 124 valence electrons. The highest BCUT2D eigenvalue weighted by Gasteiger charge is 2.10. The molecule has 0 atom stereocenters. The quantitative estimate of drug-likeness (QED) is 0.358. The third-order valence-corrected chi connectivity index (χ3v) is 4.45. The molecule has 2 nitrogen and oxygen atoms in total. The number of carbonyl (C=O) groups excluding carboxylic acids is 1. The third kappa shape index (κ3) is 5.78. The van der Waals surface area contributed by atoms with Crippen LogP contribution in [0.2, 0.25) is 0 Å². The lowest BCUT2D eigenvalue weighted by molar-refractivity contribution is 0.0976. The normalized spacial score (nSPS) is 11.0. The minimum Gasteiger partial charge on any atom is -0.292 e. The molecule has 1 aromatic carbocycles. The number of carbonyl (C=O) groups is 1. The van der Waals surface area contributed by atoms with Crippen LogP contribution in [0.4, 0.5) is 0 Å². The first kappa shape index (κ1) is 17.7. The van der Waals surface area contributed by atoms with E-state index in [1.807, 2.05) is 30.3 Å². The maximum absolute atomic E-state index is 12.4. The predicted octanol–water partition coefficient (Wildman–Crippen LogP) is 6.34. The van der Waals surface area contributed by atoms with Gasteiger partial charge in [0.25, 0.3) is 0 Å². The number of Topliss-reactive ketones (excluding diaryl/α,β-unsaturated/α-hetero) is 1. The van der Waals surface area contributed by atoms with Gasteiger partial charge in [-0.3, -0.25) is 9.78 Å². The summed E-state index contributed by atoms with van der Waals surface area (Å²) in [6.45, 7) is 2.25. The summed E-state index contributed by atoms with van der Waals surface area (Å²) in [5.74, 6) is 0.185. The van der Waals surface area contributed by atoms with Crippen molar-refractivity contribution in [1.29, 1.82) is 0 Å². The largest absolute Gasteiger partial charge is 0.292 e. The predicted molar refractivity (Wildman–Crippen MR) is 97.9 cm³/mol. The SMILES string of the molecule is CCCCCCCCCCCC(=O)c1nccc2ccccc12. The molecule has 0 fully saturated rings. The number of hydrogen-bond donors (Lipinski definition) is 0. The van der Waals surface area contributed by atoms with Crippen LogP contribution >= 0.6 is 0 Å². The summed E-state index contributed by atoms with van der Waals surface area (Å²) in [5, 5.41) is 2.08. The summed E-state index contributed by atoms with van der Waals surface area (Å²) in [4.78, 5) is 16.7. The van der Waals surface area contributed by atoms with Crippen LogP contribution in [-0.4, -0.2) is 10.8 Å². The van der Waals surface area contributed by atoms with Gasteiger partial charge in [0.05, 0.1) is 0 Å². The minimum absolute atomic E-state index is 0.185. The second kappa shape index (κ2) is 10.1. The van der Waals surface area contributed by atoms with E-state index in [0.717, 1.165) is 23.6 Å². The van der Waals surface area contributed by atoms with Gasteiger partial charge < -0.3 is 0 Å². The zero-order chi connectivity index (χ0) is 16.3. The fourth-order valence-corrected chi connectivity index (χ4v) is 3.06. The highest BCUT2D eigenvalue weighted by atomic mass is 16.1. The molecule has 0 unspecified atom stereocenters. The Hall–Kier alpha value is -1.70. The number of fused-ring (bicyclic) bond motifs is 1. The maximum Gasteiger partial charge on any atom is 0.181 e. The van der Waals surface area contributed by atoms with Gasteiger partial charge in [-0.2, -0.15) is 0 Å². The van der Waals surface area contributed by atoms with Crippen molar-refractivity contribution < 1.29 is 4.79 Å². The van der Waals surface area contributed by atoms with E-state index in [9.17, 15) is 4.79 Å². The Morgan fingerprint density at radius 2 is 1.52 bits per heavy atom. The highest BCUT2D eigenvalue weighted by Crippen LogP contribution is 2.19. The molecule has 0 spiro atoms. The highest BCUT2D eigenvalue weighted by molar-refractivity contribution is 6.06. The van der Waals surface area contributed by atoms with Gasteiger partial charge in [-0.25, -0.2) is 0 Å². The topological polar surface area (TPSA) is 30.0 Å². The molecule has 0 radical (unpaired) electrons. The van der Waals surface area contributed by atoms with Gasteiger partial charge in [0, 0.05) is 18.0 Å². The van der Waals surface area contributed by atoms with Gasteiger partial charge in [-0.05, 0) is 17.9 Å². The zero-order valence-corrected chi connectivity index (χ0v) is 14.4. The van der Waals surface area contributed by atoms with E-state index in [2.05, 4.69) is 11.9 Å². The van der Waals surface area contributed by atoms with Crippen LogP contribution in [0.25, 0.3) is 10.8 Å². The van der Waals surface area contributed by atoms with Crippen LogP contribution in [0.5, 0.6) is 0 Å². The van der Waals surface area contributed by atoms with Crippen LogP contribution in [0.3, 0.4) is 0 Å². The van der Waals surface area contributed by atoms with Gasteiger partial charge >= 0.3 is 0 Å². The van der Waals surface area contributed by atoms with E-state index in [0.29, 0.717) is 12.1 Å². The molecule has 23 heavy (non-hydrogen) atoms. The van der Waals surface area contributed by atoms with Crippen molar-refractivity contribution in [3.05, 3.63) is 42.2 Å². The summed E-state index contributed by atoms with van der Waals surface area (Å²) >= 11 is 0. The number of ketones is 1. The fourth-order valence-electron chi connectivity index (χ4n) is 3.06. The molecule has 0 saturated heterocycles. The first-order chi connectivity index (χ1) is 11.3. The Morgan fingerprint density at radius 3 is 2.26 bits per heavy atom. The molecule has 2 aromatic rings. The van der Waals surface area contributed by atoms with E-state index in [1.165, 1.54) is 44.9 Å². The van der Waals surface area contributed by atoms with Crippen molar-refractivity contribution in [1.82, 2.24) is 4.98 Å². The van der Waals surface area contributed by atoms with Crippen LogP contribution in [0, 0.1) is 0 Å². The van der Waals surface area contributed by atoms with Crippen molar-refractivity contribution in [3.63, 3.8) is 0 Å². The lowest BCUT2D eigenvalue weighted by atomic mass is 10.0. The molecular formula is C21H29NO. The van der Waals surface area contributed by atoms with E-state index < -0.39 is 0 Å². The second-order valence-corrected chi connectivity index (χ2v) is 6.38. The van der Waals surface area contributed by atoms with E-state index >= 15 is 0 Å². The molecule has 1 heterocycles. The number of unbranched alkanes of at least 4 members (excludes halogenated alkanes) is 8. The lowest BCUT2D eigenvalue weighted by Crippen LogP contribution is -2.03. The summed E-state index contributed by atoms with van der Waals surface area (Å²) in [5.41, 5.74) is 0.641. The Bertz CT molecular complexity index is 600. The molecule has 0 amide bonds. The number of benzene rings is 1. The van der Waals surface area contributed by atoms with Crippen molar-refractivity contribution in [3.8, 4) is 0 Å². The van der Waals surface area contributed by atoms with Crippen molar-refractivity contribution in [2.45, 2.75) is 71.1 Å². The average Bonchev–Trinajstić information content (AvgIpc) is 2.59. The average molecular weight is 311 g/mol. The molecule has 0 N–H and O–H groups in total. The molecule has 0 aliphatic carbocycles. The standard InChI is InChI=1S/C21H29NO/c1-2-3-4-5-6-7-8-9-10-15-20(23)21-19-14-12-11-13-18(19)16-17-22-21/h11-14,16-17H,2-10,15H2,1H3. The van der Waals surface area contributed by atoms with Gasteiger partial charge in [0.1, 0.15) is 5.69 Å². The monoisotopic (exact) mass is 311 g/mol. The van der Waals surface area contributed by atoms with Gasteiger partial charge in [0.2, 0.25) is 0 Å². The van der Waals surface area contributed by atoms with Crippen molar-refractivity contribution in [2.75, 3.05) is 0 Å².